The number of aliphatic hydroxyl groups is 1. The van der Waals surface area contributed by atoms with Crippen LogP contribution in [-0.4, -0.2) is 21.3 Å². The minimum atomic E-state index is -0.370. The maximum absolute atomic E-state index is 11.5. The van der Waals surface area contributed by atoms with Crippen molar-refractivity contribution in [2.45, 2.75) is 13.5 Å². The van der Waals surface area contributed by atoms with Crippen LogP contribution in [0.3, 0.4) is 0 Å². The van der Waals surface area contributed by atoms with Gasteiger partial charge in [0.2, 0.25) is 0 Å². The first-order valence-corrected chi connectivity index (χ1v) is 4.55. The Balaban J connectivity index is 3.00. The molecule has 0 aliphatic carbocycles. The fourth-order valence-electron chi connectivity index (χ4n) is 1.01. The van der Waals surface area contributed by atoms with E-state index >= 15 is 0 Å². The molecule has 78 valence electrons. The minimum absolute atomic E-state index is 0.00890. The second-order valence-electron chi connectivity index (χ2n) is 3.19. The van der Waals surface area contributed by atoms with Gasteiger partial charge in [0.15, 0.2) is 5.15 Å². The van der Waals surface area contributed by atoms with Crippen LogP contribution in [0.25, 0.3) is 0 Å². The number of hydrogen-bond donors (Lipinski definition) is 2. The van der Waals surface area contributed by atoms with Gasteiger partial charge in [-0.2, -0.15) is 0 Å². The first kappa shape index (κ1) is 11.0. The summed E-state index contributed by atoms with van der Waals surface area (Å²) in [5, 5.41) is 8.83. The number of aliphatic hydroxyl groups excluding tert-OH is 1. The van der Waals surface area contributed by atoms with E-state index in [4.69, 9.17) is 22.4 Å². The molecule has 0 spiro atoms. The van der Waals surface area contributed by atoms with Gasteiger partial charge in [-0.1, -0.05) is 18.5 Å². The third-order valence-corrected chi connectivity index (χ3v) is 2.15. The van der Waals surface area contributed by atoms with Crippen LogP contribution < -0.4 is 11.3 Å². The summed E-state index contributed by atoms with van der Waals surface area (Å²) >= 11 is 5.56. The molecule has 5 nitrogen and oxygen atoms in total. The molecule has 1 unspecified atom stereocenters. The van der Waals surface area contributed by atoms with Crippen LogP contribution in [0.1, 0.15) is 6.92 Å². The second-order valence-corrected chi connectivity index (χ2v) is 3.55. The third-order valence-electron chi connectivity index (χ3n) is 1.84. The normalized spacial score (nSPS) is 12.8. The van der Waals surface area contributed by atoms with Crippen LogP contribution in [0, 0.1) is 5.92 Å². The summed E-state index contributed by atoms with van der Waals surface area (Å²) in [6, 6.07) is 0. The van der Waals surface area contributed by atoms with E-state index in [0.717, 1.165) is 0 Å². The van der Waals surface area contributed by atoms with Gasteiger partial charge in [-0.15, -0.1) is 0 Å². The van der Waals surface area contributed by atoms with Crippen molar-refractivity contribution in [1.29, 1.82) is 0 Å². The van der Waals surface area contributed by atoms with Crippen LogP contribution >= 0.6 is 11.6 Å². The molecule has 0 fully saturated rings. The minimum Gasteiger partial charge on any atom is -0.396 e. The van der Waals surface area contributed by atoms with E-state index in [2.05, 4.69) is 4.98 Å². The smallest absolute Gasteiger partial charge is 0.278 e. The van der Waals surface area contributed by atoms with Gasteiger partial charge in [0.25, 0.3) is 5.56 Å². The van der Waals surface area contributed by atoms with Gasteiger partial charge in [-0.25, -0.2) is 4.98 Å². The Morgan fingerprint density at radius 2 is 2.43 bits per heavy atom. The maximum atomic E-state index is 11.5. The molecular weight excluding hydrogens is 206 g/mol. The number of aromatic nitrogens is 2. The summed E-state index contributed by atoms with van der Waals surface area (Å²) in [4.78, 5) is 15.2. The molecule has 14 heavy (non-hydrogen) atoms. The largest absolute Gasteiger partial charge is 0.396 e. The molecule has 0 aliphatic rings. The van der Waals surface area contributed by atoms with Crippen molar-refractivity contribution < 1.29 is 5.11 Å². The zero-order chi connectivity index (χ0) is 10.7. The zero-order valence-electron chi connectivity index (χ0n) is 7.77. The number of anilines is 1. The lowest BCUT2D eigenvalue weighted by Gasteiger charge is -2.10. The maximum Gasteiger partial charge on any atom is 0.278 e. The van der Waals surface area contributed by atoms with E-state index in [9.17, 15) is 4.79 Å². The molecule has 0 aromatic carbocycles. The van der Waals surface area contributed by atoms with Gasteiger partial charge in [0.05, 0.1) is 6.33 Å². The average Bonchev–Trinajstić information content (AvgIpc) is 2.19. The van der Waals surface area contributed by atoms with Crippen LogP contribution in [-0.2, 0) is 6.54 Å². The van der Waals surface area contributed by atoms with E-state index in [1.54, 1.807) is 0 Å². The number of rotatable bonds is 3. The van der Waals surface area contributed by atoms with Gasteiger partial charge in [0, 0.05) is 13.2 Å². The first-order valence-electron chi connectivity index (χ1n) is 4.17. The summed E-state index contributed by atoms with van der Waals surface area (Å²) in [5.41, 5.74) is 4.98. The van der Waals surface area contributed by atoms with Crippen molar-refractivity contribution in [2.75, 3.05) is 12.3 Å². The Hall–Kier alpha value is -1.07. The molecule has 0 bridgehead atoms. The summed E-state index contributed by atoms with van der Waals surface area (Å²) in [7, 11) is 0. The van der Waals surface area contributed by atoms with E-state index in [0.29, 0.717) is 6.54 Å². The van der Waals surface area contributed by atoms with Crippen LogP contribution in [0.5, 0.6) is 0 Å². The highest BCUT2D eigenvalue weighted by atomic mass is 35.5. The molecule has 3 N–H and O–H groups in total. The Bertz CT molecular complexity index is 377. The Kier molecular flexibility index (Phi) is 3.49. The fraction of sp³-hybridized carbons (Fsp3) is 0.500. The molecule has 1 aromatic heterocycles. The summed E-state index contributed by atoms with van der Waals surface area (Å²) < 4.78 is 1.34. The lowest BCUT2D eigenvalue weighted by molar-refractivity contribution is 0.221. The van der Waals surface area contributed by atoms with Crippen LogP contribution in [0.15, 0.2) is 11.1 Å². The number of hydrogen-bond acceptors (Lipinski definition) is 4. The predicted octanol–water partition coefficient (Wildman–Crippen LogP) is 0.107. The Labute approximate surface area is 86.1 Å². The summed E-state index contributed by atoms with van der Waals surface area (Å²) in [5.74, 6) is -0.0184. The topological polar surface area (TPSA) is 81.1 Å². The lowest BCUT2D eigenvalue weighted by Crippen LogP contribution is -2.26. The number of nitrogens with two attached hydrogens (primary N) is 1. The quantitative estimate of drug-likeness (QED) is 0.704. The van der Waals surface area contributed by atoms with Gasteiger partial charge >= 0.3 is 0 Å². The van der Waals surface area contributed by atoms with Crippen molar-refractivity contribution in [3.05, 3.63) is 21.8 Å². The monoisotopic (exact) mass is 217 g/mol. The van der Waals surface area contributed by atoms with Crippen molar-refractivity contribution in [3.8, 4) is 0 Å². The predicted molar refractivity (Wildman–Crippen MR) is 54.2 cm³/mol. The van der Waals surface area contributed by atoms with Gasteiger partial charge in [-0.3, -0.25) is 9.36 Å². The highest BCUT2D eigenvalue weighted by Gasteiger charge is 2.08. The molecule has 1 atom stereocenters. The van der Waals surface area contributed by atoms with Crippen molar-refractivity contribution in [2.24, 2.45) is 5.92 Å². The highest BCUT2D eigenvalue weighted by Crippen LogP contribution is 2.08. The van der Waals surface area contributed by atoms with E-state index in [1.165, 1.54) is 10.9 Å². The van der Waals surface area contributed by atoms with Crippen molar-refractivity contribution in [3.63, 3.8) is 0 Å². The number of nitrogen functional groups attached to an aromatic ring is 1. The fourth-order valence-corrected chi connectivity index (χ4v) is 1.13. The van der Waals surface area contributed by atoms with Gasteiger partial charge < -0.3 is 10.8 Å². The van der Waals surface area contributed by atoms with Crippen LogP contribution in [0.4, 0.5) is 5.69 Å². The third kappa shape index (κ3) is 2.24. The first-order chi connectivity index (χ1) is 6.56. The summed E-state index contributed by atoms with van der Waals surface area (Å²) in [6.07, 6.45) is 1.33. The molecule has 0 aliphatic heterocycles. The molecule has 1 rings (SSSR count). The standard InChI is InChI=1S/C8H12ClN3O2/c1-5(3-13)2-12-4-11-7(9)6(10)8(12)14/h4-5,13H,2-3,10H2,1H3. The average molecular weight is 218 g/mol. The number of halogens is 1. The SMILES string of the molecule is CC(CO)Cn1cnc(Cl)c(N)c1=O. The molecule has 0 radical (unpaired) electrons. The van der Waals surface area contributed by atoms with E-state index < -0.39 is 0 Å². The molecular formula is C8H12ClN3O2. The van der Waals surface area contributed by atoms with E-state index in [-0.39, 0.29) is 28.9 Å². The van der Waals surface area contributed by atoms with Crippen molar-refractivity contribution >= 4 is 17.3 Å². The highest BCUT2D eigenvalue weighted by molar-refractivity contribution is 6.31. The van der Waals surface area contributed by atoms with E-state index in [1.807, 2.05) is 6.92 Å². The molecule has 1 aromatic rings. The van der Waals surface area contributed by atoms with Gasteiger partial charge in [0.1, 0.15) is 5.69 Å². The molecule has 6 heteroatoms. The molecule has 0 saturated heterocycles. The molecule has 0 amide bonds. The van der Waals surface area contributed by atoms with Crippen LogP contribution in [0.2, 0.25) is 5.15 Å². The second kappa shape index (κ2) is 4.43. The summed E-state index contributed by atoms with van der Waals surface area (Å²) in [6.45, 7) is 2.20. The Morgan fingerprint density at radius 3 is 3.00 bits per heavy atom. The lowest BCUT2D eigenvalue weighted by atomic mass is 10.2. The number of nitrogens with zero attached hydrogens (tertiary/aromatic N) is 2. The molecule has 0 saturated carbocycles. The zero-order valence-corrected chi connectivity index (χ0v) is 8.53. The molecule has 1 heterocycles. The van der Waals surface area contributed by atoms with Crippen molar-refractivity contribution in [1.82, 2.24) is 9.55 Å². The van der Waals surface area contributed by atoms with Gasteiger partial charge in [-0.05, 0) is 5.92 Å². The Morgan fingerprint density at radius 1 is 1.79 bits per heavy atom.